The van der Waals surface area contributed by atoms with E-state index in [9.17, 15) is 9.59 Å². The van der Waals surface area contributed by atoms with Gasteiger partial charge >= 0.3 is 0 Å². The van der Waals surface area contributed by atoms with Crippen molar-refractivity contribution < 1.29 is 4.79 Å². The van der Waals surface area contributed by atoms with Crippen molar-refractivity contribution in [3.8, 4) is 16.8 Å². The van der Waals surface area contributed by atoms with E-state index in [1.54, 1.807) is 24.3 Å². The molecule has 0 spiro atoms. The Bertz CT molecular complexity index is 1270. The number of fused-ring (bicyclic) bond motifs is 1. The molecule has 0 aliphatic carbocycles. The third-order valence-corrected chi connectivity index (χ3v) is 6.33. The smallest absolute Gasteiger partial charge is 0.268 e. The summed E-state index contributed by atoms with van der Waals surface area (Å²) in [5, 5.41) is 3.05. The van der Waals surface area contributed by atoms with Gasteiger partial charge in [-0.25, -0.2) is 15.2 Å². The predicted octanol–water partition coefficient (Wildman–Crippen LogP) is 4.50. The summed E-state index contributed by atoms with van der Waals surface area (Å²) < 4.78 is 2.34. The van der Waals surface area contributed by atoms with Gasteiger partial charge in [0.2, 0.25) is 5.91 Å². The van der Waals surface area contributed by atoms with Crippen LogP contribution in [0.5, 0.6) is 0 Å². The van der Waals surface area contributed by atoms with Gasteiger partial charge in [-0.3, -0.25) is 14.2 Å². The van der Waals surface area contributed by atoms with E-state index in [4.69, 9.17) is 17.4 Å². The number of halogens is 1. The third kappa shape index (κ3) is 3.67. The van der Waals surface area contributed by atoms with Crippen LogP contribution in [0.2, 0.25) is 5.02 Å². The number of hydrogen-bond acceptors (Lipinski definition) is 6. The molecule has 4 aromatic rings. The summed E-state index contributed by atoms with van der Waals surface area (Å²) in [7, 11) is 0. The highest BCUT2D eigenvalue weighted by atomic mass is 35.5. The minimum atomic E-state index is -0.369. The van der Waals surface area contributed by atoms with E-state index in [2.05, 4.69) is 4.98 Å². The van der Waals surface area contributed by atoms with Gasteiger partial charge in [0, 0.05) is 29.8 Å². The van der Waals surface area contributed by atoms with E-state index < -0.39 is 0 Å². The number of rotatable bonds is 4. The van der Waals surface area contributed by atoms with Gasteiger partial charge in [-0.15, -0.1) is 11.3 Å². The quantitative estimate of drug-likeness (QED) is 0.165. The van der Waals surface area contributed by atoms with Gasteiger partial charge in [0.15, 0.2) is 5.16 Å². The summed E-state index contributed by atoms with van der Waals surface area (Å²) in [5.74, 6) is 5.42. The fourth-order valence-electron chi connectivity index (χ4n) is 2.86. The summed E-state index contributed by atoms with van der Waals surface area (Å²) in [5.41, 5.74) is 1.92. The summed E-state index contributed by atoms with van der Waals surface area (Å²) in [6.07, 6.45) is 0. The molecular formula is C20H15ClN4O2S2. The van der Waals surface area contributed by atoms with Crippen LogP contribution in [0.4, 0.5) is 0 Å². The largest absolute Gasteiger partial charge is 0.273 e. The number of hydrazine groups is 1. The maximum atomic E-state index is 13.6. The van der Waals surface area contributed by atoms with Gasteiger partial charge in [-0.1, -0.05) is 54.1 Å². The Morgan fingerprint density at radius 3 is 2.55 bits per heavy atom. The van der Waals surface area contributed by atoms with E-state index in [0.717, 1.165) is 27.5 Å². The van der Waals surface area contributed by atoms with Crippen LogP contribution < -0.4 is 11.4 Å². The van der Waals surface area contributed by atoms with Crippen LogP contribution >= 0.6 is 34.9 Å². The highest BCUT2D eigenvalue weighted by Gasteiger charge is 2.21. The Morgan fingerprint density at radius 1 is 1.17 bits per heavy atom. The van der Waals surface area contributed by atoms with Crippen LogP contribution in [-0.4, -0.2) is 19.9 Å². The molecule has 0 saturated heterocycles. The zero-order chi connectivity index (χ0) is 20.5. The molecule has 2 N–H and O–H groups in total. The minimum Gasteiger partial charge on any atom is -0.273 e. The zero-order valence-corrected chi connectivity index (χ0v) is 17.6. The minimum absolute atomic E-state index is 0.259. The van der Waals surface area contributed by atoms with Gasteiger partial charge in [-0.05, 0) is 17.7 Å². The molecule has 0 unspecified atom stereocenters. The van der Waals surface area contributed by atoms with Crippen molar-refractivity contribution in [1.82, 2.24) is 14.0 Å². The first-order valence-corrected chi connectivity index (χ1v) is 10.6. The van der Waals surface area contributed by atoms with Crippen LogP contribution in [0.15, 0.2) is 69.9 Å². The molecular weight excluding hydrogens is 428 g/mol. The number of aromatic nitrogens is 2. The van der Waals surface area contributed by atoms with Crippen LogP contribution in [0, 0.1) is 0 Å². The molecule has 29 heavy (non-hydrogen) atoms. The molecule has 6 nitrogen and oxygen atoms in total. The molecule has 0 radical (unpaired) electrons. The number of thiophene rings is 1. The zero-order valence-electron chi connectivity index (χ0n) is 15.2. The molecule has 2 aromatic carbocycles. The van der Waals surface area contributed by atoms with E-state index >= 15 is 0 Å². The Balaban J connectivity index is 2.03. The summed E-state index contributed by atoms with van der Waals surface area (Å²) >= 11 is 8.62. The topological polar surface area (TPSA) is 81.2 Å². The number of carbonyl (C=O) groups excluding carboxylic acids is 1. The van der Waals surface area contributed by atoms with Gasteiger partial charge in [0.1, 0.15) is 4.83 Å². The second kappa shape index (κ2) is 8.00. The number of para-hydroxylation sites is 1. The monoisotopic (exact) mass is 442 g/mol. The second-order valence-corrected chi connectivity index (χ2v) is 8.32. The van der Waals surface area contributed by atoms with Crippen molar-refractivity contribution in [2.45, 2.75) is 12.1 Å². The summed E-state index contributed by atoms with van der Waals surface area (Å²) in [6.45, 7) is 1.34. The molecule has 9 heteroatoms. The Hall–Kier alpha value is -2.65. The average Bonchev–Trinajstić information content (AvgIpc) is 3.14. The lowest BCUT2D eigenvalue weighted by Crippen LogP contribution is -2.31. The molecule has 0 aliphatic heterocycles. The van der Waals surface area contributed by atoms with Gasteiger partial charge in [0.25, 0.3) is 5.56 Å². The summed E-state index contributed by atoms with van der Waals surface area (Å²) in [6, 6.07) is 16.6. The SMILES string of the molecule is CC(=O)N(N)Sc1nc2scc(-c3ccccc3)c2c(=O)n1-c1ccccc1Cl. The maximum Gasteiger partial charge on any atom is 0.268 e. The number of nitrogens with zero attached hydrogens (tertiary/aromatic N) is 3. The van der Waals surface area contributed by atoms with Crippen molar-refractivity contribution in [2.24, 2.45) is 5.84 Å². The van der Waals surface area contributed by atoms with Crippen molar-refractivity contribution in [3.63, 3.8) is 0 Å². The van der Waals surface area contributed by atoms with Gasteiger partial charge in [-0.2, -0.15) is 0 Å². The van der Waals surface area contributed by atoms with E-state index in [1.165, 1.54) is 22.8 Å². The third-order valence-electron chi connectivity index (χ3n) is 4.25. The lowest BCUT2D eigenvalue weighted by Gasteiger charge is -2.17. The fraction of sp³-hybridized carbons (Fsp3) is 0.0500. The molecule has 0 fully saturated rings. The Kier molecular flexibility index (Phi) is 5.42. The van der Waals surface area contributed by atoms with Crippen molar-refractivity contribution in [1.29, 1.82) is 0 Å². The first kappa shape index (κ1) is 19.7. The first-order chi connectivity index (χ1) is 14.0. The van der Waals surface area contributed by atoms with Gasteiger partial charge < -0.3 is 0 Å². The molecule has 0 atom stereocenters. The average molecular weight is 443 g/mol. The second-order valence-electron chi connectivity index (χ2n) is 6.12. The molecule has 146 valence electrons. The van der Waals surface area contributed by atoms with E-state index in [0.29, 0.717) is 20.9 Å². The van der Waals surface area contributed by atoms with Crippen molar-refractivity contribution >= 4 is 51.0 Å². The standard InChI is InChI=1S/C20H15ClN4O2S2/c1-12(26)25(22)29-20-23-18-17(14(11-28-18)13-7-3-2-4-8-13)19(27)24(20)16-10-6-5-9-15(16)21/h2-11H,22H2,1H3. The normalized spacial score (nSPS) is 11.0. The molecule has 0 aliphatic rings. The number of amides is 1. The number of carbonyl (C=O) groups is 1. The van der Waals surface area contributed by atoms with Crippen LogP contribution in [0.25, 0.3) is 27.0 Å². The van der Waals surface area contributed by atoms with Crippen molar-refractivity contribution in [3.05, 3.63) is 75.4 Å². The van der Waals surface area contributed by atoms with Crippen LogP contribution in [0.1, 0.15) is 6.92 Å². The molecule has 0 bridgehead atoms. The molecule has 0 saturated carbocycles. The van der Waals surface area contributed by atoms with Gasteiger partial charge in [0.05, 0.1) is 16.1 Å². The van der Waals surface area contributed by atoms with Crippen LogP contribution in [-0.2, 0) is 4.79 Å². The Labute approximate surface area is 179 Å². The van der Waals surface area contributed by atoms with E-state index in [-0.39, 0.29) is 16.6 Å². The lowest BCUT2D eigenvalue weighted by atomic mass is 10.1. The van der Waals surface area contributed by atoms with Crippen molar-refractivity contribution in [2.75, 3.05) is 0 Å². The highest BCUT2D eigenvalue weighted by molar-refractivity contribution is 7.97. The number of nitrogens with two attached hydrogens (primary N) is 1. The molecule has 1 amide bonds. The number of benzene rings is 2. The molecule has 4 rings (SSSR count). The maximum absolute atomic E-state index is 13.6. The molecule has 2 heterocycles. The predicted molar refractivity (Wildman–Crippen MR) is 118 cm³/mol. The summed E-state index contributed by atoms with van der Waals surface area (Å²) in [4.78, 5) is 30.5. The first-order valence-electron chi connectivity index (χ1n) is 8.55. The fourth-order valence-corrected chi connectivity index (χ4v) is 4.78. The van der Waals surface area contributed by atoms with E-state index in [1.807, 2.05) is 35.7 Å². The number of hydrogen-bond donors (Lipinski definition) is 1. The molecule has 2 aromatic heterocycles. The van der Waals surface area contributed by atoms with Crippen LogP contribution in [0.3, 0.4) is 0 Å². The Morgan fingerprint density at radius 2 is 1.86 bits per heavy atom. The lowest BCUT2D eigenvalue weighted by molar-refractivity contribution is -0.124. The highest BCUT2D eigenvalue weighted by Crippen LogP contribution is 2.34.